The van der Waals surface area contributed by atoms with Crippen molar-refractivity contribution in [3.63, 3.8) is 0 Å². The van der Waals surface area contributed by atoms with Gasteiger partial charge in [0.15, 0.2) is 0 Å². The lowest BCUT2D eigenvalue weighted by molar-refractivity contribution is -0.126. The van der Waals surface area contributed by atoms with Gasteiger partial charge in [-0.1, -0.05) is 6.92 Å². The summed E-state index contributed by atoms with van der Waals surface area (Å²) in [5.74, 6) is 0.428. The van der Waals surface area contributed by atoms with Gasteiger partial charge in [0, 0.05) is 6.07 Å². The molecule has 0 spiro atoms. The molecule has 1 amide bonds. The van der Waals surface area contributed by atoms with Gasteiger partial charge in [0.1, 0.15) is 12.4 Å². The summed E-state index contributed by atoms with van der Waals surface area (Å²) < 4.78 is 10.6. The molecule has 19 heavy (non-hydrogen) atoms. The minimum Gasteiger partial charge on any atom is -0.497 e. The molecule has 0 atom stereocenters. The summed E-state index contributed by atoms with van der Waals surface area (Å²) in [6, 6.07) is 5.10. The molecule has 1 aromatic carbocycles. The summed E-state index contributed by atoms with van der Waals surface area (Å²) in [6.07, 6.45) is 0.838. The molecule has 0 aliphatic rings. The standard InChI is InChI=1S/C14H22N2O3/c1-5-14(2,3)19-9-13(17)16-12-7-6-10(18-4)8-11(12)15/h6-8H,5,9,15H2,1-4H3,(H,16,17). The van der Waals surface area contributed by atoms with Gasteiger partial charge in [-0.05, 0) is 32.4 Å². The molecule has 0 aliphatic carbocycles. The van der Waals surface area contributed by atoms with Gasteiger partial charge < -0.3 is 20.5 Å². The average molecular weight is 266 g/mol. The van der Waals surface area contributed by atoms with E-state index in [-0.39, 0.29) is 18.1 Å². The lowest BCUT2D eigenvalue weighted by Crippen LogP contribution is -2.29. The van der Waals surface area contributed by atoms with E-state index < -0.39 is 0 Å². The van der Waals surface area contributed by atoms with E-state index in [1.165, 1.54) is 0 Å². The van der Waals surface area contributed by atoms with Crippen molar-refractivity contribution in [3.05, 3.63) is 18.2 Å². The quantitative estimate of drug-likeness (QED) is 0.775. The van der Waals surface area contributed by atoms with Crippen LogP contribution in [0.4, 0.5) is 11.4 Å². The highest BCUT2D eigenvalue weighted by Gasteiger charge is 2.17. The number of nitrogen functional groups attached to an aromatic ring is 1. The zero-order chi connectivity index (χ0) is 14.5. The number of ether oxygens (including phenoxy) is 2. The van der Waals surface area contributed by atoms with Crippen LogP contribution in [0, 0.1) is 0 Å². The molecule has 0 unspecified atom stereocenters. The minimum absolute atomic E-state index is 0.00626. The summed E-state index contributed by atoms with van der Waals surface area (Å²) in [5, 5.41) is 2.71. The number of carbonyl (C=O) groups is 1. The number of carbonyl (C=O) groups excluding carboxylic acids is 1. The smallest absolute Gasteiger partial charge is 0.250 e. The van der Waals surface area contributed by atoms with Gasteiger partial charge in [0.25, 0.3) is 0 Å². The zero-order valence-electron chi connectivity index (χ0n) is 11.9. The van der Waals surface area contributed by atoms with E-state index in [0.29, 0.717) is 17.1 Å². The first-order valence-corrected chi connectivity index (χ1v) is 6.25. The highest BCUT2D eigenvalue weighted by Crippen LogP contribution is 2.24. The van der Waals surface area contributed by atoms with E-state index in [1.807, 2.05) is 20.8 Å². The summed E-state index contributed by atoms with van der Waals surface area (Å²) in [4.78, 5) is 11.8. The Morgan fingerprint density at radius 2 is 2.11 bits per heavy atom. The number of hydrogen-bond donors (Lipinski definition) is 2. The Morgan fingerprint density at radius 1 is 1.42 bits per heavy atom. The molecule has 0 aromatic heterocycles. The Hall–Kier alpha value is -1.75. The van der Waals surface area contributed by atoms with Gasteiger partial charge in [-0.3, -0.25) is 4.79 Å². The molecule has 0 heterocycles. The van der Waals surface area contributed by atoms with Crippen LogP contribution in [0.15, 0.2) is 18.2 Å². The number of anilines is 2. The molecule has 0 radical (unpaired) electrons. The molecule has 0 saturated heterocycles. The van der Waals surface area contributed by atoms with Crippen molar-refractivity contribution in [2.75, 3.05) is 24.8 Å². The number of nitrogens with one attached hydrogen (secondary N) is 1. The normalized spacial score (nSPS) is 11.2. The van der Waals surface area contributed by atoms with Crippen LogP contribution >= 0.6 is 0 Å². The molecule has 5 nitrogen and oxygen atoms in total. The van der Waals surface area contributed by atoms with Gasteiger partial charge in [0.2, 0.25) is 5.91 Å². The van der Waals surface area contributed by atoms with Gasteiger partial charge in [-0.2, -0.15) is 0 Å². The van der Waals surface area contributed by atoms with E-state index in [0.717, 1.165) is 6.42 Å². The third-order valence-corrected chi connectivity index (χ3v) is 2.98. The fourth-order valence-electron chi connectivity index (χ4n) is 1.33. The highest BCUT2D eigenvalue weighted by atomic mass is 16.5. The predicted octanol–water partition coefficient (Wildman–Crippen LogP) is 2.42. The van der Waals surface area contributed by atoms with Crippen molar-refractivity contribution in [3.8, 4) is 5.75 Å². The predicted molar refractivity (Wildman–Crippen MR) is 76.4 cm³/mol. The van der Waals surface area contributed by atoms with Gasteiger partial charge in [0.05, 0.1) is 24.1 Å². The van der Waals surface area contributed by atoms with Crippen molar-refractivity contribution in [2.24, 2.45) is 0 Å². The number of rotatable bonds is 6. The van der Waals surface area contributed by atoms with Crippen LogP contribution < -0.4 is 15.8 Å². The molecule has 1 rings (SSSR count). The maximum atomic E-state index is 11.8. The second-order valence-corrected chi connectivity index (χ2v) is 4.90. The second kappa shape index (κ2) is 6.43. The Balaban J connectivity index is 2.58. The lowest BCUT2D eigenvalue weighted by Gasteiger charge is -2.23. The van der Waals surface area contributed by atoms with E-state index in [2.05, 4.69) is 5.32 Å². The van der Waals surface area contributed by atoms with Crippen LogP contribution in [0.1, 0.15) is 27.2 Å². The van der Waals surface area contributed by atoms with Crippen LogP contribution in [0.2, 0.25) is 0 Å². The molecule has 5 heteroatoms. The maximum Gasteiger partial charge on any atom is 0.250 e. The number of benzene rings is 1. The first-order valence-electron chi connectivity index (χ1n) is 6.25. The fourth-order valence-corrected chi connectivity index (χ4v) is 1.33. The van der Waals surface area contributed by atoms with Gasteiger partial charge >= 0.3 is 0 Å². The second-order valence-electron chi connectivity index (χ2n) is 4.90. The number of nitrogens with two attached hydrogens (primary N) is 1. The molecule has 3 N–H and O–H groups in total. The largest absolute Gasteiger partial charge is 0.497 e. The highest BCUT2D eigenvalue weighted by molar-refractivity contribution is 5.94. The van der Waals surface area contributed by atoms with Crippen molar-refractivity contribution in [1.82, 2.24) is 0 Å². The Bertz CT molecular complexity index is 444. The monoisotopic (exact) mass is 266 g/mol. The van der Waals surface area contributed by atoms with Crippen LogP contribution in [-0.4, -0.2) is 25.2 Å². The number of methoxy groups -OCH3 is 1. The Labute approximate surface area is 114 Å². The third-order valence-electron chi connectivity index (χ3n) is 2.98. The van der Waals surface area contributed by atoms with E-state index >= 15 is 0 Å². The van der Waals surface area contributed by atoms with Gasteiger partial charge in [-0.25, -0.2) is 0 Å². The summed E-state index contributed by atoms with van der Waals surface area (Å²) >= 11 is 0. The maximum absolute atomic E-state index is 11.8. The average Bonchev–Trinajstić information content (AvgIpc) is 2.39. The Kier molecular flexibility index (Phi) is 5.18. The summed E-state index contributed by atoms with van der Waals surface area (Å²) in [7, 11) is 1.56. The van der Waals surface area contributed by atoms with E-state index in [1.54, 1.807) is 25.3 Å². The molecule has 0 saturated carbocycles. The number of amides is 1. The van der Waals surface area contributed by atoms with Gasteiger partial charge in [-0.15, -0.1) is 0 Å². The molecular weight excluding hydrogens is 244 g/mol. The summed E-state index contributed by atoms with van der Waals surface area (Å²) in [5.41, 5.74) is 6.53. The molecule has 1 aromatic rings. The Morgan fingerprint density at radius 3 is 2.63 bits per heavy atom. The van der Waals surface area contributed by atoms with Crippen LogP contribution in [0.25, 0.3) is 0 Å². The zero-order valence-corrected chi connectivity index (χ0v) is 11.9. The SMILES string of the molecule is CCC(C)(C)OCC(=O)Nc1ccc(OC)cc1N. The van der Waals surface area contributed by atoms with Crippen molar-refractivity contribution in [1.29, 1.82) is 0 Å². The van der Waals surface area contributed by atoms with Crippen LogP contribution in [0.3, 0.4) is 0 Å². The van der Waals surface area contributed by atoms with E-state index in [4.69, 9.17) is 15.2 Å². The molecule has 0 fully saturated rings. The topological polar surface area (TPSA) is 73.6 Å². The first kappa shape index (κ1) is 15.3. The van der Waals surface area contributed by atoms with Crippen molar-refractivity contribution < 1.29 is 14.3 Å². The molecule has 106 valence electrons. The first-order chi connectivity index (χ1) is 8.88. The van der Waals surface area contributed by atoms with Crippen molar-refractivity contribution >= 4 is 17.3 Å². The molecular formula is C14H22N2O3. The van der Waals surface area contributed by atoms with E-state index in [9.17, 15) is 4.79 Å². The van der Waals surface area contributed by atoms with Crippen LogP contribution in [0.5, 0.6) is 5.75 Å². The lowest BCUT2D eigenvalue weighted by atomic mass is 10.1. The molecule has 0 aliphatic heterocycles. The minimum atomic E-state index is -0.303. The fraction of sp³-hybridized carbons (Fsp3) is 0.500. The number of hydrogen-bond acceptors (Lipinski definition) is 4. The summed E-state index contributed by atoms with van der Waals surface area (Å²) in [6.45, 7) is 5.91. The van der Waals surface area contributed by atoms with Crippen molar-refractivity contribution in [2.45, 2.75) is 32.8 Å². The third kappa shape index (κ3) is 4.79. The van der Waals surface area contributed by atoms with Crippen LogP contribution in [-0.2, 0) is 9.53 Å². The molecule has 0 bridgehead atoms.